The molecule has 6 nitrogen and oxygen atoms in total. The fourth-order valence-electron chi connectivity index (χ4n) is 1.42. The van der Waals surface area contributed by atoms with Crippen molar-refractivity contribution < 1.29 is 9.53 Å². The molecule has 0 atom stereocenters. The third kappa shape index (κ3) is 3.11. The van der Waals surface area contributed by atoms with E-state index in [1.807, 2.05) is 0 Å². The number of benzene rings is 1. The Balaban J connectivity index is 2.20. The highest BCUT2D eigenvalue weighted by molar-refractivity contribution is 6.29. The van der Waals surface area contributed by atoms with Crippen LogP contribution < -0.4 is 15.8 Å². The van der Waals surface area contributed by atoms with Crippen molar-refractivity contribution in [3.63, 3.8) is 0 Å². The predicted molar refractivity (Wildman–Crippen MR) is 72.4 cm³/mol. The maximum absolute atomic E-state index is 12.0. The topological polar surface area (TPSA) is 90.1 Å². The summed E-state index contributed by atoms with van der Waals surface area (Å²) in [7, 11) is 1.48. The molecule has 0 fully saturated rings. The largest absolute Gasteiger partial charge is 0.495 e. The van der Waals surface area contributed by atoms with Crippen LogP contribution in [0.2, 0.25) is 5.15 Å². The second-order valence-electron chi connectivity index (χ2n) is 3.61. The van der Waals surface area contributed by atoms with Crippen molar-refractivity contribution in [3.8, 4) is 5.75 Å². The summed E-state index contributed by atoms with van der Waals surface area (Å²) < 4.78 is 5.05. The summed E-state index contributed by atoms with van der Waals surface area (Å²) in [5.41, 5.74) is 6.51. The quantitative estimate of drug-likeness (QED) is 0.662. The Kier molecular flexibility index (Phi) is 3.82. The van der Waals surface area contributed by atoms with Crippen molar-refractivity contribution >= 4 is 29.1 Å². The highest BCUT2D eigenvalue weighted by atomic mass is 35.5. The van der Waals surface area contributed by atoms with Crippen molar-refractivity contribution in [2.24, 2.45) is 0 Å². The van der Waals surface area contributed by atoms with Crippen molar-refractivity contribution in [2.45, 2.75) is 0 Å². The van der Waals surface area contributed by atoms with Crippen LogP contribution in [-0.2, 0) is 0 Å². The third-order valence-corrected chi connectivity index (χ3v) is 2.55. The van der Waals surface area contributed by atoms with E-state index in [0.717, 1.165) is 0 Å². The van der Waals surface area contributed by atoms with E-state index in [0.29, 0.717) is 17.0 Å². The van der Waals surface area contributed by atoms with Gasteiger partial charge in [-0.15, -0.1) is 0 Å². The second-order valence-corrected chi connectivity index (χ2v) is 4.00. The standard InChI is InChI=1S/C12H11ClN4O2/c1-19-9-6-7(2-3-8(9)14)11(18)17-12-15-5-4-10(13)16-12/h2-6H,14H2,1H3,(H,15,16,17,18). The van der Waals surface area contributed by atoms with Gasteiger partial charge in [-0.3, -0.25) is 10.1 Å². The van der Waals surface area contributed by atoms with Crippen molar-refractivity contribution in [2.75, 3.05) is 18.2 Å². The number of carbonyl (C=O) groups is 1. The number of ether oxygens (including phenoxy) is 1. The van der Waals surface area contributed by atoms with Crippen LogP contribution in [-0.4, -0.2) is 23.0 Å². The molecule has 0 unspecified atom stereocenters. The first kappa shape index (κ1) is 13.1. The zero-order valence-corrected chi connectivity index (χ0v) is 10.8. The van der Waals surface area contributed by atoms with E-state index >= 15 is 0 Å². The van der Waals surface area contributed by atoms with Crippen molar-refractivity contribution in [3.05, 3.63) is 41.2 Å². The molecule has 0 aliphatic rings. The van der Waals surface area contributed by atoms with Crippen LogP contribution in [0.4, 0.5) is 11.6 Å². The summed E-state index contributed by atoms with van der Waals surface area (Å²) in [4.78, 5) is 19.7. The molecule has 3 N–H and O–H groups in total. The molecule has 7 heteroatoms. The van der Waals surface area contributed by atoms with Gasteiger partial charge in [0, 0.05) is 11.8 Å². The van der Waals surface area contributed by atoms with Crippen molar-refractivity contribution in [1.29, 1.82) is 0 Å². The monoisotopic (exact) mass is 278 g/mol. The molecule has 0 aliphatic heterocycles. The molecule has 1 aromatic carbocycles. The number of hydrogen-bond donors (Lipinski definition) is 2. The summed E-state index contributed by atoms with van der Waals surface area (Å²) in [5.74, 6) is 0.188. The van der Waals surface area contributed by atoms with Gasteiger partial charge in [-0.2, -0.15) is 0 Å². The van der Waals surface area contributed by atoms with Gasteiger partial charge in [0.05, 0.1) is 12.8 Å². The molecule has 19 heavy (non-hydrogen) atoms. The van der Waals surface area contributed by atoms with Gasteiger partial charge in [-0.1, -0.05) is 11.6 Å². The minimum Gasteiger partial charge on any atom is -0.495 e. The smallest absolute Gasteiger partial charge is 0.258 e. The SMILES string of the molecule is COc1cc(C(=O)Nc2nccc(Cl)n2)ccc1N. The normalized spacial score (nSPS) is 10.0. The maximum Gasteiger partial charge on any atom is 0.258 e. The van der Waals surface area contributed by atoms with E-state index in [-0.39, 0.29) is 17.0 Å². The lowest BCUT2D eigenvalue weighted by molar-refractivity contribution is 0.102. The number of rotatable bonds is 3. The molecular weight excluding hydrogens is 268 g/mol. The zero-order chi connectivity index (χ0) is 13.8. The highest BCUT2D eigenvalue weighted by Crippen LogP contribution is 2.22. The second kappa shape index (κ2) is 5.53. The zero-order valence-electron chi connectivity index (χ0n) is 10.1. The number of nitrogens with one attached hydrogen (secondary N) is 1. The Morgan fingerprint density at radius 2 is 2.21 bits per heavy atom. The summed E-state index contributed by atoms with van der Waals surface area (Å²) >= 11 is 5.70. The molecule has 0 bridgehead atoms. The van der Waals surface area contributed by atoms with Gasteiger partial charge in [0.1, 0.15) is 10.9 Å². The van der Waals surface area contributed by atoms with Gasteiger partial charge in [-0.05, 0) is 24.3 Å². The molecule has 2 rings (SSSR count). The molecule has 1 heterocycles. The Bertz CT molecular complexity index is 618. The van der Waals surface area contributed by atoms with Crippen LogP contribution in [0.15, 0.2) is 30.5 Å². The number of amides is 1. The number of nitrogens with two attached hydrogens (primary N) is 1. The molecular formula is C12H11ClN4O2. The summed E-state index contributed by atoms with van der Waals surface area (Å²) in [5, 5.41) is 2.78. The lowest BCUT2D eigenvalue weighted by Crippen LogP contribution is -2.14. The Hall–Kier alpha value is -2.34. The van der Waals surface area contributed by atoms with Gasteiger partial charge in [0.25, 0.3) is 5.91 Å². The minimum absolute atomic E-state index is 0.133. The Morgan fingerprint density at radius 3 is 2.89 bits per heavy atom. The number of nitrogens with zero attached hydrogens (tertiary/aromatic N) is 2. The molecule has 0 aliphatic carbocycles. The maximum atomic E-state index is 12.0. The number of methoxy groups -OCH3 is 1. The van der Waals surface area contributed by atoms with Crippen LogP contribution >= 0.6 is 11.6 Å². The molecule has 1 aromatic heterocycles. The number of aromatic nitrogens is 2. The lowest BCUT2D eigenvalue weighted by Gasteiger charge is -2.07. The van der Waals surface area contributed by atoms with Gasteiger partial charge < -0.3 is 10.5 Å². The Labute approximate surface area is 114 Å². The van der Waals surface area contributed by atoms with Crippen LogP contribution in [0.25, 0.3) is 0 Å². The lowest BCUT2D eigenvalue weighted by atomic mass is 10.2. The van der Waals surface area contributed by atoms with Crippen LogP contribution in [0.1, 0.15) is 10.4 Å². The number of hydrogen-bond acceptors (Lipinski definition) is 5. The molecule has 0 saturated heterocycles. The molecule has 2 aromatic rings. The van der Waals surface area contributed by atoms with E-state index in [1.165, 1.54) is 25.4 Å². The summed E-state index contributed by atoms with van der Waals surface area (Å²) in [6.45, 7) is 0. The van der Waals surface area contributed by atoms with Gasteiger partial charge >= 0.3 is 0 Å². The average molecular weight is 279 g/mol. The third-order valence-electron chi connectivity index (χ3n) is 2.34. The highest BCUT2D eigenvalue weighted by Gasteiger charge is 2.10. The fourth-order valence-corrected chi connectivity index (χ4v) is 1.56. The van der Waals surface area contributed by atoms with Crippen LogP contribution in [0.3, 0.4) is 0 Å². The summed E-state index contributed by atoms with van der Waals surface area (Å²) in [6.07, 6.45) is 1.45. The molecule has 0 saturated carbocycles. The van der Waals surface area contributed by atoms with Crippen LogP contribution in [0, 0.1) is 0 Å². The number of halogens is 1. The Morgan fingerprint density at radius 1 is 1.42 bits per heavy atom. The predicted octanol–water partition coefficient (Wildman–Crippen LogP) is 1.97. The number of anilines is 2. The van der Waals surface area contributed by atoms with Gasteiger partial charge in [-0.25, -0.2) is 9.97 Å². The molecule has 0 spiro atoms. The fraction of sp³-hybridized carbons (Fsp3) is 0.0833. The first-order valence-corrected chi connectivity index (χ1v) is 5.71. The molecule has 0 radical (unpaired) electrons. The summed E-state index contributed by atoms with van der Waals surface area (Å²) in [6, 6.07) is 6.23. The average Bonchev–Trinajstić information content (AvgIpc) is 2.39. The first-order chi connectivity index (χ1) is 9.10. The minimum atomic E-state index is -0.374. The molecule has 98 valence electrons. The van der Waals surface area contributed by atoms with E-state index in [9.17, 15) is 4.79 Å². The molecule has 1 amide bonds. The van der Waals surface area contributed by atoms with Crippen molar-refractivity contribution in [1.82, 2.24) is 9.97 Å². The van der Waals surface area contributed by atoms with Gasteiger partial charge in [0.2, 0.25) is 5.95 Å². The van der Waals surface area contributed by atoms with E-state index in [1.54, 1.807) is 12.1 Å². The van der Waals surface area contributed by atoms with Crippen LogP contribution in [0.5, 0.6) is 5.75 Å². The van der Waals surface area contributed by atoms with E-state index < -0.39 is 0 Å². The first-order valence-electron chi connectivity index (χ1n) is 5.33. The van der Waals surface area contributed by atoms with E-state index in [4.69, 9.17) is 22.1 Å². The number of carbonyl (C=O) groups excluding carboxylic acids is 1. The van der Waals surface area contributed by atoms with E-state index in [2.05, 4.69) is 15.3 Å². The number of nitrogen functional groups attached to an aromatic ring is 1. The van der Waals surface area contributed by atoms with Gasteiger partial charge in [0.15, 0.2) is 0 Å².